The van der Waals surface area contributed by atoms with Gasteiger partial charge in [-0.05, 0) is 47.4 Å². The lowest BCUT2D eigenvalue weighted by atomic mass is 9.89. The van der Waals surface area contributed by atoms with E-state index >= 15 is 0 Å². The number of rotatable bonds is 5. The van der Waals surface area contributed by atoms with Crippen LogP contribution < -0.4 is 5.32 Å². The number of carbonyl (C=O) groups excluding carboxylic acids is 1. The second kappa shape index (κ2) is 8.71. The van der Waals surface area contributed by atoms with Gasteiger partial charge in [0.15, 0.2) is 0 Å². The highest BCUT2D eigenvalue weighted by Gasteiger charge is 2.32. The number of benzene rings is 2. The van der Waals surface area contributed by atoms with Crippen molar-refractivity contribution in [1.29, 1.82) is 0 Å². The van der Waals surface area contributed by atoms with E-state index in [0.717, 1.165) is 24.3 Å². The molecule has 0 aromatic heterocycles. The van der Waals surface area contributed by atoms with E-state index in [-0.39, 0.29) is 11.9 Å². The summed E-state index contributed by atoms with van der Waals surface area (Å²) >= 11 is 0. The highest BCUT2D eigenvalue weighted by Crippen LogP contribution is 2.30. The van der Waals surface area contributed by atoms with Crippen molar-refractivity contribution in [2.45, 2.75) is 46.1 Å². The van der Waals surface area contributed by atoms with Gasteiger partial charge in [-0.25, -0.2) is 0 Å². The number of piperidine rings is 1. The minimum atomic E-state index is -0.249. The Kier molecular flexibility index (Phi) is 6.33. The molecule has 1 aliphatic rings. The predicted octanol–water partition coefficient (Wildman–Crippen LogP) is 5.47. The van der Waals surface area contributed by atoms with Gasteiger partial charge in [0.1, 0.15) is 6.04 Å². The fourth-order valence-corrected chi connectivity index (χ4v) is 4.25. The molecule has 2 aromatic rings. The molecule has 0 bridgehead atoms. The van der Waals surface area contributed by atoms with Crippen molar-refractivity contribution in [2.75, 3.05) is 18.4 Å². The Hall–Kier alpha value is -2.13. The van der Waals surface area contributed by atoms with Crippen LogP contribution in [0.25, 0.3) is 0 Å². The van der Waals surface area contributed by atoms with E-state index in [4.69, 9.17) is 0 Å². The normalized spacial score (nSPS) is 21.8. The Morgan fingerprint density at radius 2 is 1.52 bits per heavy atom. The van der Waals surface area contributed by atoms with Crippen molar-refractivity contribution < 1.29 is 4.79 Å². The number of anilines is 1. The summed E-state index contributed by atoms with van der Waals surface area (Å²) in [6.07, 6.45) is 1.23. The average molecular weight is 365 g/mol. The number of hydrogen-bond donors (Lipinski definition) is 1. The van der Waals surface area contributed by atoms with Crippen LogP contribution in [0.15, 0.2) is 54.6 Å². The van der Waals surface area contributed by atoms with Crippen molar-refractivity contribution in [3.63, 3.8) is 0 Å². The molecule has 0 spiro atoms. The number of nitrogens with one attached hydrogen (secondary N) is 1. The summed E-state index contributed by atoms with van der Waals surface area (Å²) < 4.78 is 0. The molecule has 1 N–H and O–H groups in total. The molecule has 144 valence electrons. The summed E-state index contributed by atoms with van der Waals surface area (Å²) in [5.74, 6) is 1.76. The Morgan fingerprint density at radius 3 is 2.07 bits per heavy atom. The standard InChI is InChI=1S/C24H32N2O/c1-17(2)20-10-12-22(13-11-20)25-24(27)23(21-8-6-5-7-9-21)26-15-18(3)14-19(4)16-26/h5-13,17-19,23H,14-16H2,1-4H3,(H,25,27)/t18-,19-,23-/m1/s1. The molecule has 0 aliphatic carbocycles. The molecule has 1 saturated heterocycles. The zero-order valence-corrected chi connectivity index (χ0v) is 17.0. The molecule has 0 saturated carbocycles. The minimum absolute atomic E-state index is 0.0554. The summed E-state index contributed by atoms with van der Waals surface area (Å²) in [6.45, 7) is 10.9. The molecule has 0 unspecified atom stereocenters. The molecule has 1 amide bonds. The van der Waals surface area contributed by atoms with E-state index in [2.05, 4.69) is 62.2 Å². The van der Waals surface area contributed by atoms with Gasteiger partial charge < -0.3 is 5.32 Å². The zero-order valence-electron chi connectivity index (χ0n) is 17.0. The summed E-state index contributed by atoms with van der Waals surface area (Å²) in [6, 6.07) is 18.1. The van der Waals surface area contributed by atoms with Crippen molar-refractivity contribution >= 4 is 11.6 Å². The Balaban J connectivity index is 1.82. The zero-order chi connectivity index (χ0) is 19.4. The lowest BCUT2D eigenvalue weighted by Gasteiger charge is -2.39. The third-order valence-corrected chi connectivity index (χ3v) is 5.47. The Labute approximate surface area is 163 Å². The molecule has 3 rings (SSSR count). The number of amides is 1. The van der Waals surface area contributed by atoms with Crippen LogP contribution in [-0.4, -0.2) is 23.9 Å². The van der Waals surface area contributed by atoms with E-state index in [1.807, 2.05) is 30.3 Å². The third kappa shape index (κ3) is 4.98. The summed E-state index contributed by atoms with van der Waals surface area (Å²) in [5.41, 5.74) is 3.21. The van der Waals surface area contributed by atoms with Crippen molar-refractivity contribution in [2.24, 2.45) is 11.8 Å². The van der Waals surface area contributed by atoms with Crippen molar-refractivity contribution in [1.82, 2.24) is 4.90 Å². The first-order valence-corrected chi connectivity index (χ1v) is 10.1. The first kappa shape index (κ1) is 19.6. The number of hydrogen-bond acceptors (Lipinski definition) is 2. The van der Waals surface area contributed by atoms with E-state index in [1.54, 1.807) is 0 Å². The summed E-state index contributed by atoms with van der Waals surface area (Å²) in [4.78, 5) is 15.6. The number of carbonyl (C=O) groups is 1. The van der Waals surface area contributed by atoms with Gasteiger partial charge in [-0.15, -0.1) is 0 Å². The fourth-order valence-electron chi connectivity index (χ4n) is 4.25. The molecule has 1 fully saturated rings. The smallest absolute Gasteiger partial charge is 0.246 e. The Morgan fingerprint density at radius 1 is 0.926 bits per heavy atom. The molecule has 1 heterocycles. The van der Waals surface area contributed by atoms with Crippen LogP contribution in [0.3, 0.4) is 0 Å². The first-order chi connectivity index (χ1) is 12.9. The topological polar surface area (TPSA) is 32.3 Å². The van der Waals surface area contributed by atoms with E-state index in [1.165, 1.54) is 12.0 Å². The van der Waals surface area contributed by atoms with E-state index in [0.29, 0.717) is 17.8 Å². The second-order valence-electron chi connectivity index (χ2n) is 8.48. The van der Waals surface area contributed by atoms with Crippen molar-refractivity contribution in [3.8, 4) is 0 Å². The monoisotopic (exact) mass is 364 g/mol. The SMILES string of the molecule is CC(C)c1ccc(NC(=O)[C@@H](c2ccccc2)N2C[C@H](C)C[C@@H](C)C2)cc1. The van der Waals surface area contributed by atoms with E-state index in [9.17, 15) is 4.79 Å². The number of likely N-dealkylation sites (tertiary alicyclic amines) is 1. The van der Waals surface area contributed by atoms with Crippen LogP contribution in [0.1, 0.15) is 57.2 Å². The fraction of sp³-hybridized carbons (Fsp3) is 0.458. The van der Waals surface area contributed by atoms with Gasteiger partial charge in [0.2, 0.25) is 5.91 Å². The van der Waals surface area contributed by atoms with E-state index < -0.39 is 0 Å². The van der Waals surface area contributed by atoms with Gasteiger partial charge in [-0.3, -0.25) is 9.69 Å². The van der Waals surface area contributed by atoms with Crippen LogP contribution >= 0.6 is 0 Å². The van der Waals surface area contributed by atoms with Crippen molar-refractivity contribution in [3.05, 3.63) is 65.7 Å². The van der Waals surface area contributed by atoms with Gasteiger partial charge in [0.05, 0.1) is 0 Å². The van der Waals surface area contributed by atoms with Crippen LogP contribution in [-0.2, 0) is 4.79 Å². The largest absolute Gasteiger partial charge is 0.324 e. The molecule has 3 nitrogen and oxygen atoms in total. The highest BCUT2D eigenvalue weighted by atomic mass is 16.2. The van der Waals surface area contributed by atoms with Gasteiger partial charge in [0.25, 0.3) is 0 Å². The third-order valence-electron chi connectivity index (χ3n) is 5.47. The maximum atomic E-state index is 13.3. The number of nitrogens with zero attached hydrogens (tertiary/aromatic N) is 1. The molecule has 0 radical (unpaired) electrons. The average Bonchev–Trinajstić information content (AvgIpc) is 2.62. The first-order valence-electron chi connectivity index (χ1n) is 10.1. The van der Waals surface area contributed by atoms with Gasteiger partial charge in [0, 0.05) is 18.8 Å². The lowest BCUT2D eigenvalue weighted by molar-refractivity contribution is -0.122. The van der Waals surface area contributed by atoms with Crippen LogP contribution in [0.2, 0.25) is 0 Å². The maximum absolute atomic E-state index is 13.3. The van der Waals surface area contributed by atoms with Gasteiger partial charge in [-0.2, -0.15) is 0 Å². The van der Waals surface area contributed by atoms with Crippen LogP contribution in [0, 0.1) is 11.8 Å². The summed E-state index contributed by atoms with van der Waals surface area (Å²) in [5, 5.41) is 3.15. The second-order valence-corrected chi connectivity index (χ2v) is 8.48. The molecular formula is C24H32N2O. The molecule has 2 aromatic carbocycles. The molecule has 3 atom stereocenters. The van der Waals surface area contributed by atoms with Crippen LogP contribution in [0.5, 0.6) is 0 Å². The predicted molar refractivity (Wildman–Crippen MR) is 113 cm³/mol. The highest BCUT2D eigenvalue weighted by molar-refractivity contribution is 5.95. The van der Waals surface area contributed by atoms with Crippen LogP contribution in [0.4, 0.5) is 5.69 Å². The maximum Gasteiger partial charge on any atom is 0.246 e. The quantitative estimate of drug-likeness (QED) is 0.763. The molecule has 27 heavy (non-hydrogen) atoms. The molecule has 1 aliphatic heterocycles. The summed E-state index contributed by atoms with van der Waals surface area (Å²) in [7, 11) is 0. The Bertz CT molecular complexity index is 729. The minimum Gasteiger partial charge on any atom is -0.324 e. The lowest BCUT2D eigenvalue weighted by Crippen LogP contribution is -2.45. The molecule has 3 heteroatoms. The molecular weight excluding hydrogens is 332 g/mol. The van der Waals surface area contributed by atoms with Gasteiger partial charge >= 0.3 is 0 Å². The van der Waals surface area contributed by atoms with Gasteiger partial charge in [-0.1, -0.05) is 70.2 Å².